The molecule has 3 saturated carbocycles. The Bertz CT molecular complexity index is 882. The largest absolute Gasteiger partial charge is 0.391 e. The van der Waals surface area contributed by atoms with Gasteiger partial charge in [0.1, 0.15) is 12.2 Å². The molecule has 7 heteroatoms. The van der Waals surface area contributed by atoms with Crippen LogP contribution in [0.5, 0.6) is 0 Å². The Morgan fingerprint density at radius 3 is 2.66 bits per heavy atom. The summed E-state index contributed by atoms with van der Waals surface area (Å²) in [4.78, 5) is 24.6. The van der Waals surface area contributed by atoms with Crippen molar-refractivity contribution in [1.29, 1.82) is 0 Å². The molecule has 0 saturated heterocycles. The highest BCUT2D eigenvalue weighted by molar-refractivity contribution is 6.26. The summed E-state index contributed by atoms with van der Waals surface area (Å²) in [5.41, 5.74) is -1.70. The van der Waals surface area contributed by atoms with Gasteiger partial charge in [-0.3, -0.25) is 9.59 Å². The van der Waals surface area contributed by atoms with Crippen LogP contribution >= 0.6 is 11.6 Å². The minimum atomic E-state index is -1.28. The summed E-state index contributed by atoms with van der Waals surface area (Å²) in [6.45, 7) is 7.39. The second-order valence-electron chi connectivity index (χ2n) is 10.7. The molecule has 0 spiro atoms. The number of alkyl halides is 1. The van der Waals surface area contributed by atoms with Crippen LogP contribution in [0.15, 0.2) is 23.8 Å². The minimum Gasteiger partial charge on any atom is -0.391 e. The van der Waals surface area contributed by atoms with Crippen molar-refractivity contribution in [2.24, 2.45) is 28.6 Å². The molecule has 0 aromatic rings. The molecule has 32 heavy (non-hydrogen) atoms. The van der Waals surface area contributed by atoms with E-state index < -0.39 is 33.7 Å². The van der Waals surface area contributed by atoms with Gasteiger partial charge in [-0.1, -0.05) is 32.4 Å². The third-order valence-corrected chi connectivity index (χ3v) is 10.2. The van der Waals surface area contributed by atoms with Crippen LogP contribution < -0.4 is 0 Å². The molecule has 0 heterocycles. The number of carbonyl (C=O) groups excluding carboxylic acids is 2. The lowest BCUT2D eigenvalue weighted by Gasteiger charge is -2.64. The number of fused-ring (bicyclic) bond motifs is 5. The van der Waals surface area contributed by atoms with Crippen molar-refractivity contribution < 1.29 is 29.3 Å². The van der Waals surface area contributed by atoms with E-state index >= 15 is 0 Å². The van der Waals surface area contributed by atoms with Crippen molar-refractivity contribution in [1.82, 2.24) is 0 Å². The standard InChI is InChI=1S/C25H35ClO6/c1-14-10-19-18-7-6-16-11-17(28)8-9-22(16,3)24(18,26)20(29)12-23(19,4)25(14,32-15(2)27)21(30)13-31-5/h8-9,11,14-15,18-20,27,29H,6-7,10,12-13H2,1-5H3. The van der Waals surface area contributed by atoms with Crippen molar-refractivity contribution in [2.45, 2.75) is 76.2 Å². The topological polar surface area (TPSA) is 93.1 Å². The van der Waals surface area contributed by atoms with Gasteiger partial charge in [-0.15, -0.1) is 11.6 Å². The first-order chi connectivity index (χ1) is 14.9. The van der Waals surface area contributed by atoms with Crippen molar-refractivity contribution in [3.05, 3.63) is 23.8 Å². The molecule has 9 unspecified atom stereocenters. The minimum absolute atomic E-state index is 0.00218. The second kappa shape index (κ2) is 7.74. The third kappa shape index (κ3) is 2.86. The fourth-order valence-electron chi connectivity index (χ4n) is 7.95. The number of aliphatic hydroxyl groups excluding tert-OH is 2. The van der Waals surface area contributed by atoms with Gasteiger partial charge in [-0.2, -0.15) is 0 Å². The number of Topliss-reactive ketones (excluding diaryl/α,β-unsaturated/α-hetero) is 1. The van der Waals surface area contributed by atoms with Gasteiger partial charge in [0.15, 0.2) is 17.9 Å². The van der Waals surface area contributed by atoms with Gasteiger partial charge in [-0.05, 0) is 62.5 Å². The maximum absolute atomic E-state index is 13.5. The predicted octanol–water partition coefficient (Wildman–Crippen LogP) is 3.18. The number of carbonyl (C=O) groups is 2. The number of allylic oxidation sites excluding steroid dienone is 4. The highest BCUT2D eigenvalue weighted by atomic mass is 35.5. The monoisotopic (exact) mass is 466 g/mol. The van der Waals surface area contributed by atoms with Crippen LogP contribution in [0.2, 0.25) is 0 Å². The van der Waals surface area contributed by atoms with Gasteiger partial charge in [0.2, 0.25) is 0 Å². The summed E-state index contributed by atoms with van der Waals surface area (Å²) in [7, 11) is 1.47. The van der Waals surface area contributed by atoms with E-state index in [1.165, 1.54) is 14.0 Å². The number of hydrogen-bond donors (Lipinski definition) is 2. The van der Waals surface area contributed by atoms with E-state index in [1.54, 1.807) is 12.2 Å². The van der Waals surface area contributed by atoms with Crippen LogP contribution in [0.3, 0.4) is 0 Å². The molecular formula is C25H35ClO6. The Labute approximate surface area is 195 Å². The predicted molar refractivity (Wildman–Crippen MR) is 120 cm³/mol. The lowest BCUT2D eigenvalue weighted by Crippen LogP contribution is -2.69. The van der Waals surface area contributed by atoms with Crippen LogP contribution in [0.25, 0.3) is 0 Å². The molecule has 3 fully saturated rings. The fraction of sp³-hybridized carbons (Fsp3) is 0.760. The number of ketones is 2. The number of aliphatic hydroxyl groups is 2. The highest BCUT2D eigenvalue weighted by Crippen LogP contribution is 2.72. The van der Waals surface area contributed by atoms with Gasteiger partial charge < -0.3 is 19.7 Å². The molecule has 0 aromatic heterocycles. The first-order valence-electron chi connectivity index (χ1n) is 11.6. The first kappa shape index (κ1) is 24.1. The quantitative estimate of drug-likeness (QED) is 0.477. The molecule has 0 aromatic carbocycles. The lowest BCUT2D eigenvalue weighted by atomic mass is 9.45. The van der Waals surface area contributed by atoms with Crippen molar-refractivity contribution >= 4 is 23.2 Å². The Kier molecular flexibility index (Phi) is 5.83. The van der Waals surface area contributed by atoms with E-state index in [4.69, 9.17) is 21.1 Å². The number of rotatable bonds is 5. The molecule has 4 aliphatic carbocycles. The molecule has 178 valence electrons. The van der Waals surface area contributed by atoms with E-state index in [0.29, 0.717) is 6.42 Å². The van der Waals surface area contributed by atoms with Gasteiger partial charge in [-0.25, -0.2) is 0 Å². The van der Waals surface area contributed by atoms with E-state index in [0.717, 1.165) is 18.4 Å². The smallest absolute Gasteiger partial charge is 0.191 e. The summed E-state index contributed by atoms with van der Waals surface area (Å²) in [5.74, 6) is -0.527. The average Bonchev–Trinajstić information content (AvgIpc) is 2.91. The maximum Gasteiger partial charge on any atom is 0.191 e. The zero-order valence-electron chi connectivity index (χ0n) is 19.6. The molecule has 0 radical (unpaired) electrons. The van der Waals surface area contributed by atoms with Crippen LogP contribution in [0, 0.1) is 28.6 Å². The normalized spacial score (nSPS) is 48.5. The van der Waals surface area contributed by atoms with Crippen molar-refractivity contribution in [2.75, 3.05) is 13.7 Å². The Morgan fingerprint density at radius 2 is 2.03 bits per heavy atom. The summed E-state index contributed by atoms with van der Waals surface area (Å²) < 4.78 is 11.3. The molecule has 0 amide bonds. The maximum atomic E-state index is 13.5. The number of halogens is 1. The van der Waals surface area contributed by atoms with Crippen LogP contribution in [-0.4, -0.2) is 58.4 Å². The summed E-state index contributed by atoms with van der Waals surface area (Å²) in [6.07, 6.45) is 5.41. The van der Waals surface area contributed by atoms with E-state index in [2.05, 4.69) is 0 Å². The molecule has 9 atom stereocenters. The molecule has 0 aliphatic heterocycles. The molecule has 6 nitrogen and oxygen atoms in total. The van der Waals surface area contributed by atoms with Crippen LogP contribution in [0.4, 0.5) is 0 Å². The average molecular weight is 467 g/mol. The van der Waals surface area contributed by atoms with Gasteiger partial charge >= 0.3 is 0 Å². The summed E-state index contributed by atoms with van der Waals surface area (Å²) >= 11 is 7.45. The summed E-state index contributed by atoms with van der Waals surface area (Å²) in [6, 6.07) is 0. The third-order valence-electron chi connectivity index (χ3n) is 9.23. The Hall–Kier alpha value is -1.05. The van der Waals surface area contributed by atoms with Crippen LogP contribution in [-0.2, 0) is 19.1 Å². The fourth-order valence-corrected chi connectivity index (χ4v) is 8.47. The molecule has 4 rings (SSSR count). The van der Waals surface area contributed by atoms with Gasteiger partial charge in [0.05, 0.1) is 11.0 Å². The van der Waals surface area contributed by atoms with E-state index in [9.17, 15) is 19.8 Å². The van der Waals surface area contributed by atoms with Gasteiger partial charge in [0.25, 0.3) is 0 Å². The first-order valence-corrected chi connectivity index (χ1v) is 12.0. The highest BCUT2D eigenvalue weighted by Gasteiger charge is 2.75. The summed E-state index contributed by atoms with van der Waals surface area (Å²) in [5, 5.41) is 21.9. The molecular weight excluding hydrogens is 432 g/mol. The van der Waals surface area contributed by atoms with Crippen LogP contribution in [0.1, 0.15) is 53.4 Å². The molecule has 4 aliphatic rings. The second-order valence-corrected chi connectivity index (χ2v) is 11.3. The number of hydrogen-bond acceptors (Lipinski definition) is 6. The molecule has 2 N–H and O–H groups in total. The number of ether oxygens (including phenoxy) is 2. The van der Waals surface area contributed by atoms with Gasteiger partial charge in [0, 0.05) is 17.9 Å². The van der Waals surface area contributed by atoms with Crippen molar-refractivity contribution in [3.63, 3.8) is 0 Å². The zero-order chi connectivity index (χ0) is 23.7. The Balaban J connectivity index is 1.84. The zero-order valence-corrected chi connectivity index (χ0v) is 20.3. The Morgan fingerprint density at radius 1 is 1.34 bits per heavy atom. The van der Waals surface area contributed by atoms with E-state index in [-0.39, 0.29) is 42.3 Å². The molecule has 0 bridgehead atoms. The number of methoxy groups -OCH3 is 1. The SMILES string of the molecule is COCC(=O)C1(OC(C)O)C(C)CC2C3CCC4=CC(=O)C=CC4(C)C3(Cl)C(O)CC21C. The lowest BCUT2D eigenvalue weighted by molar-refractivity contribution is -0.242. The van der Waals surface area contributed by atoms with Crippen molar-refractivity contribution in [3.8, 4) is 0 Å². The van der Waals surface area contributed by atoms with E-state index in [1.807, 2.05) is 26.8 Å².